The van der Waals surface area contributed by atoms with Gasteiger partial charge in [-0.05, 0) is 12.6 Å². The van der Waals surface area contributed by atoms with Crippen molar-refractivity contribution in [3.05, 3.63) is 54.3 Å². The number of nitrogens with one attached hydrogen (secondary N) is 1. The van der Waals surface area contributed by atoms with Crippen molar-refractivity contribution in [3.8, 4) is 0 Å². The summed E-state index contributed by atoms with van der Waals surface area (Å²) < 4.78 is 7.67. The second-order valence-corrected chi connectivity index (χ2v) is 4.57. The van der Waals surface area contributed by atoms with Gasteiger partial charge in [-0.2, -0.15) is 0 Å². The van der Waals surface area contributed by atoms with Crippen molar-refractivity contribution in [2.24, 2.45) is 7.05 Å². The summed E-state index contributed by atoms with van der Waals surface area (Å²) >= 11 is 0. The molecular weight excluding hydrogens is 238 g/mol. The van der Waals surface area contributed by atoms with Crippen LogP contribution in [0.1, 0.15) is 24.4 Å². The molecular formula is C15H17N3O. The molecule has 0 saturated heterocycles. The van der Waals surface area contributed by atoms with Gasteiger partial charge in [-0.3, -0.25) is 0 Å². The minimum Gasteiger partial charge on any atom is -0.464 e. The number of furan rings is 1. The molecule has 3 rings (SSSR count). The highest BCUT2D eigenvalue weighted by Gasteiger charge is 2.21. The highest BCUT2D eigenvalue weighted by molar-refractivity contribution is 5.81. The minimum absolute atomic E-state index is 0.0497. The number of aryl methyl sites for hydroxylation is 1. The first-order valence-electron chi connectivity index (χ1n) is 6.48. The number of nitrogens with zero attached hydrogens (tertiary/aromatic N) is 2. The van der Waals surface area contributed by atoms with Gasteiger partial charge in [-0.25, -0.2) is 4.98 Å². The largest absolute Gasteiger partial charge is 0.464 e. The van der Waals surface area contributed by atoms with Crippen LogP contribution in [0.25, 0.3) is 11.0 Å². The number of para-hydroxylation sites is 1. The number of hydrogen-bond donors (Lipinski definition) is 1. The zero-order valence-electron chi connectivity index (χ0n) is 11.1. The number of imidazole rings is 1. The van der Waals surface area contributed by atoms with Crippen LogP contribution in [0.4, 0.5) is 0 Å². The van der Waals surface area contributed by atoms with Crippen molar-refractivity contribution in [2.45, 2.75) is 13.0 Å². The Morgan fingerprint density at radius 2 is 2.21 bits per heavy atom. The summed E-state index contributed by atoms with van der Waals surface area (Å²) in [5.41, 5.74) is 2.04. The minimum atomic E-state index is 0.0497. The summed E-state index contributed by atoms with van der Waals surface area (Å²) in [6.45, 7) is 2.97. The molecule has 98 valence electrons. The van der Waals surface area contributed by atoms with Crippen LogP contribution in [0, 0.1) is 0 Å². The maximum absolute atomic E-state index is 5.64. The topological polar surface area (TPSA) is 43.0 Å². The molecule has 0 bridgehead atoms. The number of hydrogen-bond acceptors (Lipinski definition) is 3. The lowest BCUT2D eigenvalue weighted by Crippen LogP contribution is -2.24. The molecule has 0 spiro atoms. The van der Waals surface area contributed by atoms with Crippen molar-refractivity contribution in [2.75, 3.05) is 6.54 Å². The first kappa shape index (κ1) is 12.0. The summed E-state index contributed by atoms with van der Waals surface area (Å²) in [6, 6.07) is 8.14. The lowest BCUT2D eigenvalue weighted by Gasteiger charge is -2.16. The first-order chi connectivity index (χ1) is 9.31. The van der Waals surface area contributed by atoms with E-state index in [4.69, 9.17) is 4.42 Å². The number of benzene rings is 1. The molecule has 4 nitrogen and oxygen atoms in total. The lowest BCUT2D eigenvalue weighted by atomic mass is 10.1. The third kappa shape index (κ3) is 2.04. The van der Waals surface area contributed by atoms with Gasteiger partial charge in [-0.15, -0.1) is 0 Å². The quantitative estimate of drug-likeness (QED) is 0.779. The molecule has 0 amide bonds. The van der Waals surface area contributed by atoms with Crippen LogP contribution in [0.3, 0.4) is 0 Å². The van der Waals surface area contributed by atoms with E-state index < -0.39 is 0 Å². The average molecular weight is 255 g/mol. The molecule has 0 fully saturated rings. The SMILES string of the molecule is CCNC(c1coc2ccccc12)c1nccn1C. The van der Waals surface area contributed by atoms with E-state index in [9.17, 15) is 0 Å². The fourth-order valence-corrected chi connectivity index (χ4v) is 2.42. The summed E-state index contributed by atoms with van der Waals surface area (Å²) in [5.74, 6) is 0.994. The fourth-order valence-electron chi connectivity index (χ4n) is 2.42. The maximum Gasteiger partial charge on any atom is 0.134 e. The standard InChI is InChI=1S/C15H17N3O/c1-3-16-14(15-17-8-9-18(15)2)12-10-19-13-7-5-4-6-11(12)13/h4-10,14,16H,3H2,1-2H3. The van der Waals surface area contributed by atoms with E-state index in [0.29, 0.717) is 0 Å². The smallest absolute Gasteiger partial charge is 0.134 e. The van der Waals surface area contributed by atoms with E-state index in [1.165, 1.54) is 0 Å². The van der Waals surface area contributed by atoms with E-state index >= 15 is 0 Å². The fraction of sp³-hybridized carbons (Fsp3) is 0.267. The molecule has 0 aliphatic heterocycles. The molecule has 0 aliphatic carbocycles. The van der Waals surface area contributed by atoms with Gasteiger partial charge in [0, 0.05) is 30.4 Å². The molecule has 3 aromatic rings. The molecule has 0 aliphatic rings. The van der Waals surface area contributed by atoms with Crippen LogP contribution in [-0.4, -0.2) is 16.1 Å². The van der Waals surface area contributed by atoms with Crippen LogP contribution in [-0.2, 0) is 7.05 Å². The maximum atomic E-state index is 5.64. The van der Waals surface area contributed by atoms with Gasteiger partial charge in [0.2, 0.25) is 0 Å². The Balaban J connectivity index is 2.12. The molecule has 0 saturated carbocycles. The van der Waals surface area contributed by atoms with E-state index in [-0.39, 0.29) is 6.04 Å². The summed E-state index contributed by atoms with van der Waals surface area (Å²) in [6.07, 6.45) is 5.61. The Kier molecular flexibility index (Phi) is 3.09. The van der Waals surface area contributed by atoms with E-state index in [1.54, 1.807) is 0 Å². The average Bonchev–Trinajstić information content (AvgIpc) is 3.03. The Morgan fingerprint density at radius 1 is 1.37 bits per heavy atom. The van der Waals surface area contributed by atoms with Crippen molar-refractivity contribution in [3.63, 3.8) is 0 Å². The molecule has 1 atom stereocenters. The second kappa shape index (κ2) is 4.90. The molecule has 0 radical (unpaired) electrons. The first-order valence-corrected chi connectivity index (χ1v) is 6.48. The lowest BCUT2D eigenvalue weighted by molar-refractivity contribution is 0.557. The van der Waals surface area contributed by atoms with Gasteiger partial charge in [-0.1, -0.05) is 25.1 Å². The third-order valence-electron chi connectivity index (χ3n) is 3.35. The zero-order chi connectivity index (χ0) is 13.2. The molecule has 1 aromatic carbocycles. The molecule has 2 aromatic heterocycles. The molecule has 19 heavy (non-hydrogen) atoms. The molecule has 4 heteroatoms. The van der Waals surface area contributed by atoms with Crippen molar-refractivity contribution in [1.82, 2.24) is 14.9 Å². The predicted molar refractivity (Wildman–Crippen MR) is 74.9 cm³/mol. The van der Waals surface area contributed by atoms with Gasteiger partial charge < -0.3 is 14.3 Å². The number of aromatic nitrogens is 2. The van der Waals surface area contributed by atoms with Crippen molar-refractivity contribution >= 4 is 11.0 Å². The van der Waals surface area contributed by atoms with Crippen LogP contribution in [0.2, 0.25) is 0 Å². The highest BCUT2D eigenvalue weighted by atomic mass is 16.3. The Hall–Kier alpha value is -2.07. The third-order valence-corrected chi connectivity index (χ3v) is 3.35. The van der Waals surface area contributed by atoms with Gasteiger partial charge >= 0.3 is 0 Å². The zero-order valence-corrected chi connectivity index (χ0v) is 11.1. The molecule has 2 heterocycles. The van der Waals surface area contributed by atoms with E-state index in [1.807, 2.05) is 48.5 Å². The summed E-state index contributed by atoms with van der Waals surface area (Å²) in [7, 11) is 2.01. The number of fused-ring (bicyclic) bond motifs is 1. The van der Waals surface area contributed by atoms with Gasteiger partial charge in [0.15, 0.2) is 0 Å². The predicted octanol–water partition coefficient (Wildman–Crippen LogP) is 2.87. The molecule has 1 N–H and O–H groups in total. The van der Waals surface area contributed by atoms with Gasteiger partial charge in [0.25, 0.3) is 0 Å². The Labute approximate surface area is 112 Å². The van der Waals surface area contributed by atoms with Crippen molar-refractivity contribution in [1.29, 1.82) is 0 Å². The monoisotopic (exact) mass is 255 g/mol. The number of rotatable bonds is 4. The van der Waals surface area contributed by atoms with Gasteiger partial charge in [0.1, 0.15) is 11.4 Å². The van der Waals surface area contributed by atoms with Crippen LogP contribution >= 0.6 is 0 Å². The summed E-state index contributed by atoms with van der Waals surface area (Å²) in [5, 5.41) is 4.61. The Morgan fingerprint density at radius 3 is 2.95 bits per heavy atom. The van der Waals surface area contributed by atoms with Crippen LogP contribution in [0.15, 0.2) is 47.3 Å². The molecule has 1 unspecified atom stereocenters. The highest BCUT2D eigenvalue weighted by Crippen LogP contribution is 2.29. The Bertz CT molecular complexity index is 683. The summed E-state index contributed by atoms with van der Waals surface area (Å²) in [4.78, 5) is 4.46. The van der Waals surface area contributed by atoms with Crippen LogP contribution < -0.4 is 5.32 Å². The van der Waals surface area contributed by atoms with E-state index in [0.717, 1.165) is 28.9 Å². The van der Waals surface area contributed by atoms with Gasteiger partial charge in [0.05, 0.1) is 12.3 Å². The second-order valence-electron chi connectivity index (χ2n) is 4.57. The van der Waals surface area contributed by atoms with E-state index in [2.05, 4.69) is 23.3 Å². The van der Waals surface area contributed by atoms with Crippen LogP contribution in [0.5, 0.6) is 0 Å². The normalized spacial score (nSPS) is 12.9. The van der Waals surface area contributed by atoms with Crippen molar-refractivity contribution < 1.29 is 4.42 Å².